The minimum absolute atomic E-state index is 0. The lowest BCUT2D eigenvalue weighted by Gasteiger charge is -2.37. The van der Waals surface area contributed by atoms with Gasteiger partial charge in [0.25, 0.3) is 0 Å². The number of hydrogen-bond donors (Lipinski definition) is 2. The normalized spacial score (nSPS) is 16.5. The van der Waals surface area contributed by atoms with Crippen LogP contribution in [0.5, 0.6) is 0 Å². The molecule has 0 bridgehead atoms. The molecule has 0 spiro atoms. The number of nitrogens with one attached hydrogen (secondary N) is 2. The molecule has 23 heavy (non-hydrogen) atoms. The first-order chi connectivity index (χ1) is 10.5. The molecule has 0 radical (unpaired) electrons. The monoisotopic (exact) mass is 408 g/mol. The maximum absolute atomic E-state index is 13.2. The third kappa shape index (κ3) is 6.03. The number of ether oxygens (including phenoxy) is 1. The van der Waals surface area contributed by atoms with E-state index in [-0.39, 0.29) is 36.0 Å². The van der Waals surface area contributed by atoms with Gasteiger partial charge in [-0.05, 0) is 59.6 Å². The van der Waals surface area contributed by atoms with E-state index in [0.717, 1.165) is 31.5 Å². The van der Waals surface area contributed by atoms with Gasteiger partial charge < -0.3 is 15.4 Å². The van der Waals surface area contributed by atoms with E-state index < -0.39 is 0 Å². The van der Waals surface area contributed by atoms with Gasteiger partial charge in [-0.2, -0.15) is 0 Å². The molecule has 7 heteroatoms. The molecule has 0 atom stereocenters. The van der Waals surface area contributed by atoms with Gasteiger partial charge in [0, 0.05) is 19.1 Å². The summed E-state index contributed by atoms with van der Waals surface area (Å²) in [7, 11) is 1.70. The fourth-order valence-electron chi connectivity index (χ4n) is 2.82. The van der Waals surface area contributed by atoms with Crippen LogP contribution in [0, 0.1) is 11.2 Å². The van der Waals surface area contributed by atoms with Crippen molar-refractivity contribution in [2.75, 3.05) is 33.4 Å². The highest BCUT2D eigenvalue weighted by Crippen LogP contribution is 2.28. The van der Waals surface area contributed by atoms with Gasteiger partial charge in [0.05, 0.1) is 17.5 Å². The van der Waals surface area contributed by atoms with Gasteiger partial charge in [0.1, 0.15) is 5.82 Å². The molecule has 1 fully saturated rings. The number of carbonyl (C=O) groups excluding carboxylic acids is 1. The van der Waals surface area contributed by atoms with Crippen molar-refractivity contribution in [3.8, 4) is 0 Å². The number of halogens is 3. The summed E-state index contributed by atoms with van der Waals surface area (Å²) in [6.07, 6.45) is 2.23. The summed E-state index contributed by atoms with van der Waals surface area (Å²) in [5, 5.41) is 6.33. The van der Waals surface area contributed by atoms with E-state index in [2.05, 4.69) is 26.6 Å². The molecule has 1 aliphatic rings. The molecule has 1 aromatic rings. The summed E-state index contributed by atoms with van der Waals surface area (Å²) in [4.78, 5) is 12.1. The average Bonchev–Trinajstić information content (AvgIpc) is 2.50. The first-order valence-corrected chi connectivity index (χ1v) is 8.24. The van der Waals surface area contributed by atoms with E-state index in [1.165, 1.54) is 6.07 Å². The van der Waals surface area contributed by atoms with Crippen molar-refractivity contribution in [3.63, 3.8) is 0 Å². The van der Waals surface area contributed by atoms with Crippen LogP contribution in [-0.2, 0) is 16.0 Å². The second-order valence-corrected chi connectivity index (χ2v) is 6.74. The maximum Gasteiger partial charge on any atom is 0.224 e. The maximum atomic E-state index is 13.2. The Kier molecular flexibility index (Phi) is 8.47. The molecule has 130 valence electrons. The predicted octanol–water partition coefficient (Wildman–Crippen LogP) is 2.68. The quantitative estimate of drug-likeness (QED) is 0.759. The fourth-order valence-corrected chi connectivity index (χ4v) is 3.25. The second-order valence-electron chi connectivity index (χ2n) is 5.88. The van der Waals surface area contributed by atoms with Crippen molar-refractivity contribution in [3.05, 3.63) is 34.1 Å². The van der Waals surface area contributed by atoms with Gasteiger partial charge in [-0.25, -0.2) is 4.39 Å². The van der Waals surface area contributed by atoms with E-state index in [1.807, 2.05) is 0 Å². The Labute approximate surface area is 151 Å². The molecule has 0 aliphatic carbocycles. The van der Waals surface area contributed by atoms with Crippen LogP contribution in [0.1, 0.15) is 18.4 Å². The van der Waals surface area contributed by atoms with Crippen molar-refractivity contribution >= 4 is 34.2 Å². The average molecular weight is 410 g/mol. The van der Waals surface area contributed by atoms with Gasteiger partial charge in [0.15, 0.2) is 0 Å². The molecule has 1 aliphatic heterocycles. The van der Waals surface area contributed by atoms with E-state index in [9.17, 15) is 9.18 Å². The van der Waals surface area contributed by atoms with Gasteiger partial charge in [0.2, 0.25) is 5.91 Å². The summed E-state index contributed by atoms with van der Waals surface area (Å²) in [5.41, 5.74) is 0.802. The minimum atomic E-state index is -0.321. The zero-order chi connectivity index (χ0) is 16.0. The zero-order valence-electron chi connectivity index (χ0n) is 13.2. The molecular weight excluding hydrogens is 387 g/mol. The number of piperidine rings is 1. The van der Waals surface area contributed by atoms with E-state index in [1.54, 1.807) is 19.2 Å². The van der Waals surface area contributed by atoms with Gasteiger partial charge in [-0.1, -0.05) is 6.07 Å². The largest absolute Gasteiger partial charge is 0.384 e. The number of hydrogen-bond acceptors (Lipinski definition) is 3. The van der Waals surface area contributed by atoms with Crippen LogP contribution < -0.4 is 10.6 Å². The van der Waals surface area contributed by atoms with Crippen LogP contribution in [0.3, 0.4) is 0 Å². The SMILES string of the molecule is COCC1(CNC(=O)Cc2ccc(F)c(Br)c2)CCNCC1.Cl. The van der Waals surface area contributed by atoms with Crippen molar-refractivity contribution in [1.29, 1.82) is 0 Å². The van der Waals surface area contributed by atoms with E-state index >= 15 is 0 Å². The molecule has 4 nitrogen and oxygen atoms in total. The predicted molar refractivity (Wildman–Crippen MR) is 94.5 cm³/mol. The number of carbonyl (C=O) groups is 1. The molecule has 0 aromatic heterocycles. The van der Waals surface area contributed by atoms with Crippen molar-refractivity contribution in [2.45, 2.75) is 19.3 Å². The highest BCUT2D eigenvalue weighted by atomic mass is 79.9. The molecule has 2 N–H and O–H groups in total. The Hall–Kier alpha value is -0.690. The summed E-state index contributed by atoms with van der Waals surface area (Å²) in [5.74, 6) is -0.370. The third-order valence-corrected chi connectivity index (χ3v) is 4.73. The molecule has 0 saturated carbocycles. The Morgan fingerprint density at radius 3 is 2.74 bits per heavy atom. The zero-order valence-corrected chi connectivity index (χ0v) is 15.6. The smallest absolute Gasteiger partial charge is 0.224 e. The summed E-state index contributed by atoms with van der Waals surface area (Å²) in [6.45, 7) is 3.16. The van der Waals surface area contributed by atoms with E-state index in [0.29, 0.717) is 17.6 Å². The summed E-state index contributed by atoms with van der Waals surface area (Å²) < 4.78 is 18.9. The highest BCUT2D eigenvalue weighted by molar-refractivity contribution is 9.10. The van der Waals surface area contributed by atoms with Gasteiger partial charge in [-0.3, -0.25) is 4.79 Å². The molecule has 1 amide bonds. The number of methoxy groups -OCH3 is 1. The molecule has 1 saturated heterocycles. The lowest BCUT2D eigenvalue weighted by atomic mass is 9.79. The van der Waals surface area contributed by atoms with Crippen LogP contribution in [-0.4, -0.2) is 39.3 Å². The molecule has 0 unspecified atom stereocenters. The molecule has 1 aromatic carbocycles. The van der Waals surface area contributed by atoms with Crippen molar-refractivity contribution < 1.29 is 13.9 Å². The second kappa shape index (κ2) is 9.57. The van der Waals surface area contributed by atoms with Crippen molar-refractivity contribution in [1.82, 2.24) is 10.6 Å². The van der Waals surface area contributed by atoms with Gasteiger partial charge in [-0.15, -0.1) is 12.4 Å². The standard InChI is InChI=1S/C16H22BrFN2O2.ClH/c1-22-11-16(4-6-19-7-5-16)10-20-15(21)9-12-2-3-14(18)13(17)8-12;/h2-3,8,19H,4-7,9-11H2,1H3,(H,20,21);1H. The fraction of sp³-hybridized carbons (Fsp3) is 0.562. The summed E-state index contributed by atoms with van der Waals surface area (Å²) >= 11 is 3.14. The molecule has 1 heterocycles. The lowest BCUT2D eigenvalue weighted by molar-refractivity contribution is -0.121. The minimum Gasteiger partial charge on any atom is -0.384 e. The first kappa shape index (κ1) is 20.4. The number of rotatable bonds is 6. The number of amides is 1. The third-order valence-electron chi connectivity index (χ3n) is 4.12. The van der Waals surface area contributed by atoms with Crippen LogP contribution in [0.25, 0.3) is 0 Å². The number of benzene rings is 1. The van der Waals surface area contributed by atoms with Crippen LogP contribution in [0.15, 0.2) is 22.7 Å². The summed E-state index contributed by atoms with van der Waals surface area (Å²) in [6, 6.07) is 4.64. The molecular formula is C16H23BrClFN2O2. The Morgan fingerprint density at radius 1 is 1.43 bits per heavy atom. The molecule has 2 rings (SSSR count). The van der Waals surface area contributed by atoms with Crippen LogP contribution in [0.2, 0.25) is 0 Å². The first-order valence-electron chi connectivity index (χ1n) is 7.45. The Bertz CT molecular complexity index is 519. The highest BCUT2D eigenvalue weighted by Gasteiger charge is 2.32. The van der Waals surface area contributed by atoms with E-state index in [4.69, 9.17) is 4.74 Å². The van der Waals surface area contributed by atoms with Crippen molar-refractivity contribution in [2.24, 2.45) is 5.41 Å². The van der Waals surface area contributed by atoms with Crippen LogP contribution in [0.4, 0.5) is 4.39 Å². The van der Waals surface area contributed by atoms with Crippen LogP contribution >= 0.6 is 28.3 Å². The topological polar surface area (TPSA) is 50.4 Å². The lowest BCUT2D eigenvalue weighted by Crippen LogP contribution is -2.47. The Balaban J connectivity index is 0.00000264. The Morgan fingerprint density at radius 2 is 2.13 bits per heavy atom. The van der Waals surface area contributed by atoms with Gasteiger partial charge >= 0.3 is 0 Å².